The van der Waals surface area contributed by atoms with Gasteiger partial charge in [0.1, 0.15) is 21.8 Å². The number of amides is 2. The molecule has 4 aromatic heterocycles. The summed E-state index contributed by atoms with van der Waals surface area (Å²) in [6.07, 6.45) is 3.37. The van der Waals surface area contributed by atoms with Crippen LogP contribution in [0.15, 0.2) is 49.1 Å². The van der Waals surface area contributed by atoms with Crippen LogP contribution in [0.3, 0.4) is 0 Å². The van der Waals surface area contributed by atoms with Crippen molar-refractivity contribution in [2.75, 3.05) is 31.6 Å². The zero-order valence-corrected chi connectivity index (χ0v) is 28.4. The summed E-state index contributed by atoms with van der Waals surface area (Å²) in [6, 6.07) is 6.56. The molecule has 0 aliphatic carbocycles. The van der Waals surface area contributed by atoms with Gasteiger partial charge in [-0.05, 0) is 56.0 Å². The Hall–Kier alpha value is -5.04. The Morgan fingerprint density at radius 2 is 1.88 bits per heavy atom. The van der Waals surface area contributed by atoms with E-state index in [1.165, 1.54) is 18.0 Å². The van der Waals surface area contributed by atoms with Crippen LogP contribution in [0.1, 0.15) is 53.9 Å². The number of carbonyl (C=O) groups is 2. The summed E-state index contributed by atoms with van der Waals surface area (Å²) in [5.41, 5.74) is 5.31. The van der Waals surface area contributed by atoms with Gasteiger partial charge >= 0.3 is 0 Å². The molecule has 6 rings (SSSR count). The molecule has 0 radical (unpaired) electrons. The number of fused-ring (bicyclic) bond motifs is 2. The summed E-state index contributed by atoms with van der Waals surface area (Å²) in [5.74, 6) is -2.93. The molecule has 0 saturated carbocycles. The zero-order valence-electron chi connectivity index (χ0n) is 27.6. The fourth-order valence-electron chi connectivity index (χ4n) is 6.65. The van der Waals surface area contributed by atoms with E-state index < -0.39 is 29.5 Å². The zero-order chi connectivity index (χ0) is 34.6. The molecule has 1 saturated heterocycles. The van der Waals surface area contributed by atoms with E-state index in [0.717, 1.165) is 22.3 Å². The lowest BCUT2D eigenvalue weighted by Gasteiger charge is -2.41. The van der Waals surface area contributed by atoms with Crippen molar-refractivity contribution in [3.05, 3.63) is 81.9 Å². The average Bonchev–Trinajstić information content (AvgIpc) is 3.53. The maximum atomic E-state index is 16.7. The average molecular weight is 671 g/mol. The van der Waals surface area contributed by atoms with Crippen LogP contribution in [-0.2, 0) is 4.79 Å². The summed E-state index contributed by atoms with van der Waals surface area (Å²) in [7, 11) is 1.51. The second-order valence-corrected chi connectivity index (χ2v) is 12.8. The van der Waals surface area contributed by atoms with Gasteiger partial charge in [-0.25, -0.2) is 13.8 Å². The van der Waals surface area contributed by atoms with Gasteiger partial charge in [0.2, 0.25) is 0 Å². The van der Waals surface area contributed by atoms with Crippen LogP contribution in [0.25, 0.3) is 38.9 Å². The highest BCUT2D eigenvalue weighted by Crippen LogP contribution is 2.40. The van der Waals surface area contributed by atoms with Crippen molar-refractivity contribution in [1.29, 1.82) is 0 Å². The van der Waals surface area contributed by atoms with E-state index in [1.54, 1.807) is 23.9 Å². The number of anilines is 1. The molecule has 2 N–H and O–H groups in total. The van der Waals surface area contributed by atoms with Gasteiger partial charge in [0.15, 0.2) is 5.83 Å². The van der Waals surface area contributed by atoms with Crippen molar-refractivity contribution < 1.29 is 18.4 Å². The Morgan fingerprint density at radius 1 is 1.12 bits per heavy atom. The van der Waals surface area contributed by atoms with Crippen LogP contribution in [0.4, 0.5) is 14.5 Å². The number of aryl methyl sites for hydroxylation is 2. The number of aromatic amines is 1. The quantitative estimate of drug-likeness (QED) is 0.158. The lowest BCUT2D eigenvalue weighted by atomic mass is 9.98. The number of hydrogen-bond donors (Lipinski definition) is 2. The predicted molar refractivity (Wildman–Crippen MR) is 185 cm³/mol. The number of rotatable bonds is 6. The fourth-order valence-corrected chi connectivity index (χ4v) is 7.02. The second kappa shape index (κ2) is 12.5. The first kappa shape index (κ1) is 32.9. The number of benzene rings is 1. The molecule has 0 bridgehead atoms. The van der Waals surface area contributed by atoms with Gasteiger partial charge in [0.05, 0.1) is 34.3 Å². The molecule has 1 atom stereocenters. The van der Waals surface area contributed by atoms with Crippen molar-refractivity contribution in [3.8, 4) is 16.9 Å². The lowest BCUT2D eigenvalue weighted by molar-refractivity contribution is -0.131. The monoisotopic (exact) mass is 670 g/mol. The van der Waals surface area contributed by atoms with E-state index in [9.17, 15) is 14.0 Å². The van der Waals surface area contributed by atoms with Gasteiger partial charge in [-0.15, -0.1) is 0 Å². The highest BCUT2D eigenvalue weighted by atomic mass is 32.1. The topological polar surface area (TPSA) is 112 Å². The minimum Gasteiger partial charge on any atom is -0.366 e. The van der Waals surface area contributed by atoms with E-state index in [0.29, 0.717) is 33.4 Å². The minimum atomic E-state index is -1.05. The number of piperazine rings is 1. The Labute approximate surface area is 281 Å². The number of aromatic nitrogens is 5. The molecule has 1 fully saturated rings. The molecule has 5 aromatic rings. The van der Waals surface area contributed by atoms with Crippen molar-refractivity contribution >= 4 is 51.7 Å². The smallest absolute Gasteiger partial charge is 0.282 e. The summed E-state index contributed by atoms with van der Waals surface area (Å²) in [5, 5.41) is 10.9. The standard InChI is InChI=1S/C35H36F2N8O2S/c1-17(2)28-30(19(4)10-11-39-28)45-32-22(14-24(37)29(41-32)26-18(3)8-9-25-23(26)15-40-42-25)31(27(35(45)48)33(46)38-7)43-12-13-44(20(5)16-43)34(47)21(6)36/h8-11,14-15,17,20H,6,12-13,16H2,1-5,7H3,(H,38,46)(H,40,42)/t20-/m1/s1. The van der Waals surface area contributed by atoms with Crippen molar-refractivity contribution in [1.82, 2.24) is 34.9 Å². The Balaban J connectivity index is 1.74. The van der Waals surface area contributed by atoms with Gasteiger partial charge in [0.25, 0.3) is 11.8 Å². The number of halogens is 2. The van der Waals surface area contributed by atoms with E-state index in [4.69, 9.17) is 22.2 Å². The summed E-state index contributed by atoms with van der Waals surface area (Å²) < 4.78 is 32.5. The summed E-state index contributed by atoms with van der Waals surface area (Å²) in [6.45, 7) is 13.4. The minimum absolute atomic E-state index is 0.0291. The highest BCUT2D eigenvalue weighted by molar-refractivity contribution is 7.71. The highest BCUT2D eigenvalue weighted by Gasteiger charge is 2.34. The van der Waals surface area contributed by atoms with Crippen molar-refractivity contribution in [2.45, 2.75) is 46.6 Å². The Morgan fingerprint density at radius 3 is 2.54 bits per heavy atom. The molecule has 0 spiro atoms. The molecule has 0 unspecified atom stereocenters. The maximum absolute atomic E-state index is 16.7. The molecule has 13 heteroatoms. The van der Waals surface area contributed by atoms with E-state index in [1.807, 2.05) is 50.8 Å². The van der Waals surface area contributed by atoms with Crippen molar-refractivity contribution in [2.24, 2.45) is 0 Å². The molecule has 48 heavy (non-hydrogen) atoms. The molecule has 5 heterocycles. The molecule has 10 nitrogen and oxygen atoms in total. The van der Waals surface area contributed by atoms with Gasteiger partial charge < -0.3 is 15.1 Å². The normalized spacial score (nSPS) is 15.1. The van der Waals surface area contributed by atoms with Crippen LogP contribution in [0, 0.1) is 24.3 Å². The molecular weight excluding hydrogens is 635 g/mol. The molecule has 248 valence electrons. The number of H-pyrrole nitrogens is 1. The van der Waals surface area contributed by atoms with Gasteiger partial charge in [-0.3, -0.25) is 24.2 Å². The first-order valence-electron chi connectivity index (χ1n) is 15.7. The molecule has 2 amide bonds. The third kappa shape index (κ3) is 5.31. The van der Waals surface area contributed by atoms with E-state index in [-0.39, 0.29) is 41.5 Å². The first-order chi connectivity index (χ1) is 22.8. The maximum Gasteiger partial charge on any atom is 0.282 e. The number of nitrogens with zero attached hydrogens (tertiary/aromatic N) is 6. The number of hydrogen-bond acceptors (Lipinski definition) is 7. The Kier molecular flexibility index (Phi) is 8.58. The third-order valence-corrected chi connectivity index (χ3v) is 9.35. The van der Waals surface area contributed by atoms with Crippen LogP contribution in [-0.4, -0.2) is 74.2 Å². The van der Waals surface area contributed by atoms with Gasteiger partial charge in [-0.2, -0.15) is 5.10 Å². The van der Waals surface area contributed by atoms with Crippen LogP contribution in [0.2, 0.25) is 0 Å². The summed E-state index contributed by atoms with van der Waals surface area (Å²) in [4.78, 5) is 39.4. The molecular formula is C35H36F2N8O2S. The molecule has 1 aliphatic heterocycles. The SMILES string of the molecule is C=C(F)C(=O)N1CCN(c2c(C(=O)NC)c(=S)n(-c3c(C)ccnc3C(C)C)c3nc(-c4c(C)ccc5[nH]ncc45)c(F)cc23)C[C@H]1C. The third-order valence-electron chi connectivity index (χ3n) is 8.96. The van der Waals surface area contributed by atoms with Crippen LogP contribution in [0.5, 0.6) is 0 Å². The second-order valence-electron chi connectivity index (χ2n) is 12.4. The summed E-state index contributed by atoms with van der Waals surface area (Å²) >= 11 is 6.19. The number of carbonyl (C=O) groups excluding carboxylic acids is 2. The molecule has 1 aliphatic rings. The van der Waals surface area contributed by atoms with Gasteiger partial charge in [-0.1, -0.05) is 38.7 Å². The van der Waals surface area contributed by atoms with Crippen LogP contribution < -0.4 is 10.2 Å². The Bertz CT molecular complexity index is 2210. The van der Waals surface area contributed by atoms with Crippen LogP contribution >= 0.6 is 12.2 Å². The van der Waals surface area contributed by atoms with Crippen molar-refractivity contribution in [3.63, 3.8) is 0 Å². The van der Waals surface area contributed by atoms with E-state index in [2.05, 4.69) is 22.1 Å². The van der Waals surface area contributed by atoms with Gasteiger partial charge in [0, 0.05) is 55.3 Å². The number of nitrogens with one attached hydrogen (secondary N) is 2. The van der Waals surface area contributed by atoms with E-state index >= 15 is 4.39 Å². The molecule has 1 aromatic carbocycles. The fraction of sp³-hybridized carbons (Fsp3) is 0.314. The lowest BCUT2D eigenvalue weighted by Crippen LogP contribution is -2.54. The number of pyridine rings is 3. The predicted octanol–water partition coefficient (Wildman–Crippen LogP) is 6.45. The first-order valence-corrected chi connectivity index (χ1v) is 16.1. The largest absolute Gasteiger partial charge is 0.366 e.